The average Bonchev–Trinajstić information content (AvgIpc) is 3.10. The first-order valence-electron chi connectivity index (χ1n) is 8.33. The Labute approximate surface area is 139 Å². The molecule has 0 aromatic carbocycles. The molecule has 2 saturated heterocycles. The molecule has 0 saturated carbocycles. The van der Waals surface area contributed by atoms with Crippen LogP contribution in [0.1, 0.15) is 19.3 Å². The van der Waals surface area contributed by atoms with E-state index >= 15 is 0 Å². The van der Waals surface area contributed by atoms with Crippen LogP contribution in [-0.2, 0) is 19.4 Å². The van der Waals surface area contributed by atoms with E-state index < -0.39 is 9.84 Å². The summed E-state index contributed by atoms with van der Waals surface area (Å²) in [5, 5.41) is 2.92. The van der Waals surface area contributed by atoms with Crippen LogP contribution in [0.15, 0.2) is 0 Å². The predicted octanol–water partition coefficient (Wildman–Crippen LogP) is -0.668. The van der Waals surface area contributed by atoms with Crippen molar-refractivity contribution >= 4 is 15.7 Å². The molecule has 8 heteroatoms. The highest BCUT2D eigenvalue weighted by atomic mass is 32.2. The van der Waals surface area contributed by atoms with Gasteiger partial charge in [0.25, 0.3) is 0 Å². The lowest BCUT2D eigenvalue weighted by atomic mass is 10.2. The van der Waals surface area contributed by atoms with Gasteiger partial charge in [0, 0.05) is 32.3 Å². The number of hydrogen-bond donors (Lipinski definition) is 1. The minimum atomic E-state index is -2.95. The van der Waals surface area contributed by atoms with Crippen LogP contribution >= 0.6 is 0 Å². The predicted molar refractivity (Wildman–Crippen MR) is 89.2 cm³/mol. The fourth-order valence-corrected chi connectivity index (χ4v) is 4.82. The highest BCUT2D eigenvalue weighted by Gasteiger charge is 2.33. The topological polar surface area (TPSA) is 79.0 Å². The molecule has 2 heterocycles. The second-order valence-corrected chi connectivity index (χ2v) is 9.00. The number of carbonyl (C=O) groups excluding carboxylic acids is 1. The van der Waals surface area contributed by atoms with Crippen LogP contribution in [0.5, 0.6) is 0 Å². The average molecular weight is 347 g/mol. The van der Waals surface area contributed by atoms with Crippen molar-refractivity contribution in [2.45, 2.75) is 31.4 Å². The Morgan fingerprint density at radius 1 is 1.26 bits per heavy atom. The van der Waals surface area contributed by atoms with Crippen molar-refractivity contribution < 1.29 is 17.9 Å². The van der Waals surface area contributed by atoms with Gasteiger partial charge in [0.2, 0.25) is 5.91 Å². The minimum absolute atomic E-state index is 0.0477. The summed E-state index contributed by atoms with van der Waals surface area (Å²) >= 11 is 0. The van der Waals surface area contributed by atoms with Gasteiger partial charge >= 0.3 is 0 Å². The smallest absolute Gasteiger partial charge is 0.234 e. The van der Waals surface area contributed by atoms with Gasteiger partial charge in [-0.1, -0.05) is 0 Å². The largest absolute Gasteiger partial charge is 0.376 e. The zero-order valence-corrected chi connectivity index (χ0v) is 15.0. The molecule has 0 spiro atoms. The third kappa shape index (κ3) is 6.37. The molecule has 2 fully saturated rings. The Bertz CT molecular complexity index is 489. The zero-order valence-electron chi connectivity index (χ0n) is 14.2. The maximum absolute atomic E-state index is 12.2. The number of carbonyl (C=O) groups is 1. The number of sulfone groups is 1. The summed E-state index contributed by atoms with van der Waals surface area (Å²) in [6, 6.07) is -0.0477. The molecule has 0 bridgehead atoms. The molecule has 1 amide bonds. The lowest BCUT2D eigenvalue weighted by molar-refractivity contribution is -0.123. The third-order valence-corrected chi connectivity index (χ3v) is 6.21. The van der Waals surface area contributed by atoms with Gasteiger partial charge in [-0.2, -0.15) is 0 Å². The van der Waals surface area contributed by atoms with E-state index in [9.17, 15) is 13.2 Å². The van der Waals surface area contributed by atoms with Gasteiger partial charge in [-0.05, 0) is 33.4 Å². The number of nitrogens with zero attached hydrogens (tertiary/aromatic N) is 2. The third-order valence-electron chi connectivity index (χ3n) is 4.46. The summed E-state index contributed by atoms with van der Waals surface area (Å²) in [6.45, 7) is 3.07. The molecule has 23 heavy (non-hydrogen) atoms. The number of amides is 1. The van der Waals surface area contributed by atoms with Gasteiger partial charge in [0.15, 0.2) is 9.84 Å². The van der Waals surface area contributed by atoms with Crippen LogP contribution < -0.4 is 5.32 Å². The van der Waals surface area contributed by atoms with Crippen molar-refractivity contribution in [2.24, 2.45) is 0 Å². The van der Waals surface area contributed by atoms with E-state index in [-0.39, 0.29) is 36.1 Å². The number of hydrogen-bond acceptors (Lipinski definition) is 6. The van der Waals surface area contributed by atoms with E-state index in [1.807, 2.05) is 23.9 Å². The van der Waals surface area contributed by atoms with E-state index in [2.05, 4.69) is 5.32 Å². The molecule has 2 rings (SSSR count). The van der Waals surface area contributed by atoms with Crippen molar-refractivity contribution in [1.82, 2.24) is 15.1 Å². The van der Waals surface area contributed by atoms with E-state index in [0.29, 0.717) is 19.5 Å². The summed E-state index contributed by atoms with van der Waals surface area (Å²) in [7, 11) is 0.999. The molecular weight excluding hydrogens is 318 g/mol. The summed E-state index contributed by atoms with van der Waals surface area (Å²) in [5.41, 5.74) is 0. The van der Waals surface area contributed by atoms with Gasteiger partial charge in [0.1, 0.15) is 0 Å². The van der Waals surface area contributed by atoms with Gasteiger partial charge in [-0.25, -0.2) is 8.42 Å². The molecule has 0 aliphatic carbocycles. The number of nitrogens with one attached hydrogen (secondary N) is 1. The number of likely N-dealkylation sites (N-methyl/N-ethyl adjacent to an activating group) is 1. The minimum Gasteiger partial charge on any atom is -0.376 e. The van der Waals surface area contributed by atoms with E-state index in [4.69, 9.17) is 4.74 Å². The van der Waals surface area contributed by atoms with Gasteiger partial charge < -0.3 is 15.0 Å². The van der Waals surface area contributed by atoms with Crippen molar-refractivity contribution in [2.75, 3.05) is 58.4 Å². The maximum Gasteiger partial charge on any atom is 0.234 e. The molecule has 0 aromatic rings. The van der Waals surface area contributed by atoms with Crippen LogP contribution in [0.3, 0.4) is 0 Å². The van der Waals surface area contributed by atoms with Crippen LogP contribution in [0.2, 0.25) is 0 Å². The molecule has 1 N–H and O–H groups in total. The lowest BCUT2D eigenvalue weighted by Crippen LogP contribution is -2.47. The highest BCUT2D eigenvalue weighted by molar-refractivity contribution is 7.91. The second kappa shape index (κ2) is 8.41. The fraction of sp³-hybridized carbons (Fsp3) is 0.933. The van der Waals surface area contributed by atoms with Crippen LogP contribution in [-0.4, -0.2) is 94.7 Å². The molecule has 0 aromatic heterocycles. The van der Waals surface area contributed by atoms with Crippen molar-refractivity contribution in [3.05, 3.63) is 0 Å². The van der Waals surface area contributed by atoms with E-state index in [1.165, 1.54) is 0 Å². The Morgan fingerprint density at radius 2 is 2.04 bits per heavy atom. The normalized spacial score (nSPS) is 27.0. The van der Waals surface area contributed by atoms with Gasteiger partial charge in [-0.15, -0.1) is 0 Å². The standard InChI is InChI=1S/C15H29N3O4S/c1-17(2)6-7-18(13-5-9-23(20,21)12-13)11-15(19)16-10-14-4-3-8-22-14/h13-14H,3-12H2,1-2H3,(H,16,19). The monoisotopic (exact) mass is 347 g/mol. The summed E-state index contributed by atoms with van der Waals surface area (Å²) in [5.74, 6) is 0.344. The fourth-order valence-electron chi connectivity index (χ4n) is 3.06. The molecule has 0 radical (unpaired) electrons. The maximum atomic E-state index is 12.2. The van der Waals surface area contributed by atoms with Gasteiger partial charge in [0.05, 0.1) is 24.2 Å². The quantitative estimate of drug-likeness (QED) is 0.628. The Kier molecular flexibility index (Phi) is 6.82. The second-order valence-electron chi connectivity index (χ2n) is 6.77. The molecule has 2 aliphatic heterocycles. The lowest BCUT2D eigenvalue weighted by Gasteiger charge is -2.28. The van der Waals surface area contributed by atoms with Gasteiger partial charge in [-0.3, -0.25) is 9.69 Å². The van der Waals surface area contributed by atoms with Crippen molar-refractivity contribution in [1.29, 1.82) is 0 Å². The zero-order chi connectivity index (χ0) is 16.9. The first-order chi connectivity index (χ1) is 10.9. The molecule has 134 valence electrons. The van der Waals surface area contributed by atoms with E-state index in [0.717, 1.165) is 26.0 Å². The van der Waals surface area contributed by atoms with Crippen LogP contribution in [0.4, 0.5) is 0 Å². The number of rotatable bonds is 8. The molecule has 2 aliphatic rings. The molecule has 2 unspecified atom stereocenters. The Balaban J connectivity index is 1.84. The first kappa shape index (κ1) is 18.6. The SMILES string of the molecule is CN(C)CCN(CC(=O)NCC1CCCO1)C1CCS(=O)(=O)C1. The molecule has 2 atom stereocenters. The van der Waals surface area contributed by atoms with Crippen LogP contribution in [0.25, 0.3) is 0 Å². The summed E-state index contributed by atoms with van der Waals surface area (Å²) < 4.78 is 28.9. The first-order valence-corrected chi connectivity index (χ1v) is 10.2. The van der Waals surface area contributed by atoms with Crippen LogP contribution in [0, 0.1) is 0 Å². The summed E-state index contributed by atoms with van der Waals surface area (Å²) in [4.78, 5) is 16.3. The Morgan fingerprint density at radius 3 is 2.61 bits per heavy atom. The van der Waals surface area contributed by atoms with Crippen molar-refractivity contribution in [3.63, 3.8) is 0 Å². The molecule has 7 nitrogen and oxygen atoms in total. The molecular formula is C15H29N3O4S. The summed E-state index contributed by atoms with van der Waals surface area (Å²) in [6.07, 6.45) is 2.79. The number of ether oxygens (including phenoxy) is 1. The van der Waals surface area contributed by atoms with E-state index in [1.54, 1.807) is 0 Å². The Hall–Kier alpha value is -0.700. The highest BCUT2D eigenvalue weighted by Crippen LogP contribution is 2.17. The van der Waals surface area contributed by atoms with Crippen molar-refractivity contribution in [3.8, 4) is 0 Å².